The van der Waals surface area contributed by atoms with Crippen LogP contribution in [0, 0.1) is 11.3 Å². The number of benzene rings is 3. The molecule has 0 saturated heterocycles. The van der Waals surface area contributed by atoms with Gasteiger partial charge in [0.25, 0.3) is 0 Å². The molecule has 0 aliphatic heterocycles. The second-order valence-corrected chi connectivity index (χ2v) is 20.8. The average Bonchev–Trinajstić information content (AvgIpc) is 3.06. The van der Waals surface area contributed by atoms with Crippen molar-refractivity contribution in [2.75, 3.05) is 0 Å². The van der Waals surface area contributed by atoms with Crippen molar-refractivity contribution >= 4 is 13.2 Å². The highest BCUT2D eigenvalue weighted by Crippen LogP contribution is 2.51. The quantitative estimate of drug-likeness (QED) is 0.137. The molecular weight excluding hydrogens is 643 g/mol. The van der Waals surface area contributed by atoms with Crippen LogP contribution in [0.5, 0.6) is 0 Å². The smallest absolute Gasteiger partial charge is 0.189 e. The van der Waals surface area contributed by atoms with Crippen molar-refractivity contribution in [2.45, 2.75) is 177 Å². The predicted octanol–water partition coefficient (Wildman–Crippen LogP) is 13.1. The summed E-state index contributed by atoms with van der Waals surface area (Å²) in [5, 5.41) is 0.280. The van der Waals surface area contributed by atoms with E-state index in [1.807, 2.05) is 0 Å². The summed E-state index contributed by atoms with van der Waals surface area (Å²) in [6.45, 7) is 36.9. The molecule has 0 aliphatic carbocycles. The molecule has 1 unspecified atom stereocenters. The highest BCUT2D eigenvalue weighted by molar-refractivity contribution is 7.66. The lowest BCUT2D eigenvalue weighted by Gasteiger charge is -2.34. The molecule has 1 atom stereocenters. The maximum absolute atomic E-state index is 11.1. The maximum Gasteiger partial charge on any atom is 0.441 e. The van der Waals surface area contributed by atoms with Crippen LogP contribution in [-0.2, 0) is 28.1 Å². The molecule has 0 heterocycles. The van der Waals surface area contributed by atoms with Gasteiger partial charge in [0.05, 0.1) is 0 Å². The van der Waals surface area contributed by atoms with Crippen molar-refractivity contribution in [3.63, 3.8) is 0 Å². The minimum atomic E-state index is -4.35. The monoisotopic (exact) mass is 718 g/mol. The first-order valence-corrected chi connectivity index (χ1v) is 21.5. The molecule has 0 radical (unpaired) electrons. The molecule has 4 heteroatoms. The fraction of sp³-hybridized carbons (Fsp3) is 0.617. The Balaban J connectivity index is 2.62. The molecule has 3 N–H and O–H groups in total. The van der Waals surface area contributed by atoms with Gasteiger partial charge in [0.2, 0.25) is 0 Å². The minimum Gasteiger partial charge on any atom is -0.189 e. The Labute approximate surface area is 314 Å². The Morgan fingerprint density at radius 2 is 0.961 bits per heavy atom. The van der Waals surface area contributed by atoms with Gasteiger partial charge in [-0.05, 0) is 135 Å². The van der Waals surface area contributed by atoms with E-state index < -0.39 is 7.94 Å². The van der Waals surface area contributed by atoms with Crippen LogP contribution < -0.4 is 5.30 Å². The summed E-state index contributed by atoms with van der Waals surface area (Å²) in [6.07, 6.45) is 6.53. The van der Waals surface area contributed by atoms with E-state index in [-0.39, 0.29) is 32.4 Å². The molecule has 51 heavy (non-hydrogen) atoms. The van der Waals surface area contributed by atoms with Crippen LogP contribution in [0.2, 0.25) is 0 Å². The van der Waals surface area contributed by atoms with Crippen LogP contribution in [0.25, 0.3) is 22.3 Å². The largest absolute Gasteiger partial charge is 0.441 e. The van der Waals surface area contributed by atoms with E-state index in [0.29, 0.717) is 12.3 Å². The van der Waals surface area contributed by atoms with Crippen molar-refractivity contribution in [3.05, 3.63) is 76.3 Å². The third-order valence-electron chi connectivity index (χ3n) is 13.3. The average molecular weight is 718 g/mol. The molecule has 0 bridgehead atoms. The van der Waals surface area contributed by atoms with Gasteiger partial charge >= 0.3 is 7.94 Å². The molecule has 0 amide bonds. The summed E-state index contributed by atoms with van der Waals surface area (Å²) in [4.78, 5) is 33.3. The van der Waals surface area contributed by atoms with Crippen molar-refractivity contribution in [3.8, 4) is 22.3 Å². The van der Waals surface area contributed by atoms with E-state index in [1.165, 1.54) is 27.8 Å². The van der Waals surface area contributed by atoms with E-state index in [9.17, 15) is 14.7 Å². The Kier molecular flexibility index (Phi) is 13.4. The Morgan fingerprint density at radius 3 is 1.37 bits per heavy atom. The SMILES string of the molecule is CCC(C)(C)c1ccc(-c2ccc([P+](O)(O)O)c(CCCC(C)C(C)(C)C)c2-c2ccc(C(C)(C)CC)cc2C(C)(C)CC)c(C(C)(C)CC)c1. The van der Waals surface area contributed by atoms with Crippen molar-refractivity contribution in [2.24, 2.45) is 11.3 Å². The molecule has 0 spiro atoms. The Morgan fingerprint density at radius 1 is 0.549 bits per heavy atom. The molecule has 3 aromatic rings. The first-order valence-electron chi connectivity index (χ1n) is 19.8. The molecule has 3 nitrogen and oxygen atoms in total. The van der Waals surface area contributed by atoms with E-state index >= 15 is 0 Å². The molecule has 0 aliphatic rings. The molecule has 3 aromatic carbocycles. The summed E-state index contributed by atoms with van der Waals surface area (Å²) >= 11 is 0. The lowest BCUT2D eigenvalue weighted by Crippen LogP contribution is -2.24. The van der Waals surface area contributed by atoms with Gasteiger partial charge < -0.3 is 0 Å². The second-order valence-electron chi connectivity index (χ2n) is 19.2. The van der Waals surface area contributed by atoms with Gasteiger partial charge in [0, 0.05) is 5.56 Å². The van der Waals surface area contributed by atoms with Gasteiger partial charge in [-0.2, -0.15) is 14.7 Å². The van der Waals surface area contributed by atoms with Gasteiger partial charge in [-0.15, -0.1) is 0 Å². The zero-order chi connectivity index (χ0) is 39.0. The van der Waals surface area contributed by atoms with Gasteiger partial charge in [0.15, 0.2) is 5.30 Å². The van der Waals surface area contributed by atoms with E-state index in [1.54, 1.807) is 6.07 Å². The lowest BCUT2D eigenvalue weighted by molar-refractivity contribution is 0.243. The number of hydrogen-bond donors (Lipinski definition) is 3. The first kappa shape index (κ1) is 43.4. The van der Waals surface area contributed by atoms with Gasteiger partial charge in [-0.3, -0.25) is 0 Å². The van der Waals surface area contributed by atoms with Gasteiger partial charge in [0.1, 0.15) is 0 Å². The zero-order valence-electron chi connectivity index (χ0n) is 35.4. The van der Waals surface area contributed by atoms with E-state index in [4.69, 9.17) is 0 Å². The summed E-state index contributed by atoms with van der Waals surface area (Å²) in [6, 6.07) is 18.0. The van der Waals surface area contributed by atoms with E-state index in [0.717, 1.165) is 60.8 Å². The normalized spacial score (nSPS) is 14.3. The van der Waals surface area contributed by atoms with Crippen LogP contribution in [0.15, 0.2) is 48.5 Å². The number of rotatable bonds is 15. The summed E-state index contributed by atoms with van der Waals surface area (Å²) in [5.41, 5.74) is 10.5. The summed E-state index contributed by atoms with van der Waals surface area (Å²) in [5.74, 6) is 0.487. The van der Waals surface area contributed by atoms with Gasteiger partial charge in [-0.1, -0.05) is 147 Å². The fourth-order valence-electron chi connectivity index (χ4n) is 7.01. The number of hydrogen-bond acceptors (Lipinski definition) is 3. The summed E-state index contributed by atoms with van der Waals surface area (Å²) < 4.78 is 0. The van der Waals surface area contributed by atoms with Crippen molar-refractivity contribution in [1.82, 2.24) is 0 Å². The van der Waals surface area contributed by atoms with Crippen LogP contribution in [0.4, 0.5) is 0 Å². The maximum atomic E-state index is 11.1. The van der Waals surface area contributed by atoms with Crippen molar-refractivity contribution in [1.29, 1.82) is 0 Å². The zero-order valence-corrected chi connectivity index (χ0v) is 36.3. The minimum absolute atomic E-state index is 0.00984. The topological polar surface area (TPSA) is 60.7 Å². The molecule has 0 aromatic heterocycles. The Bertz CT molecular complexity index is 1650. The highest BCUT2D eigenvalue weighted by Gasteiger charge is 2.40. The van der Waals surface area contributed by atoms with Crippen LogP contribution in [-0.4, -0.2) is 14.7 Å². The predicted molar refractivity (Wildman–Crippen MR) is 225 cm³/mol. The lowest BCUT2D eigenvalue weighted by atomic mass is 9.71. The molecule has 284 valence electrons. The molecule has 3 rings (SSSR count). The van der Waals surface area contributed by atoms with Gasteiger partial charge in [-0.25, -0.2) is 0 Å². The van der Waals surface area contributed by atoms with Crippen molar-refractivity contribution < 1.29 is 14.7 Å². The third kappa shape index (κ3) is 9.56. The van der Waals surface area contributed by atoms with Crippen LogP contribution in [0.3, 0.4) is 0 Å². The molecule has 0 saturated carbocycles. The fourth-order valence-corrected chi connectivity index (χ4v) is 7.87. The first-order chi connectivity index (χ1) is 23.3. The van der Waals surface area contributed by atoms with Crippen LogP contribution in [0.1, 0.15) is 177 Å². The standard InChI is InChI=1S/C47H74O3P/c1-17-44(9,10)33-24-26-35(39(30-33)46(13,14)19-3)36-28-29-41(51(48,49)50)38(23-21-22-32(5)43(6,7)8)42(36)37-27-25-34(45(11,12)18-2)31-40(37)47(15,16)20-4/h24-32,48-50H,17-23H2,1-16H3/q+1. The highest BCUT2D eigenvalue weighted by atomic mass is 31.2. The third-order valence-corrected chi connectivity index (χ3v) is 14.4. The summed E-state index contributed by atoms with van der Waals surface area (Å²) in [7, 11) is -4.35. The van der Waals surface area contributed by atoms with Crippen LogP contribution >= 0.6 is 7.94 Å². The second kappa shape index (κ2) is 15.8. The van der Waals surface area contributed by atoms with E-state index in [2.05, 4.69) is 153 Å². The Hall–Kier alpha value is -2.03. The molecule has 0 fully saturated rings. The molecular formula is C47H74O3P+.